The van der Waals surface area contributed by atoms with Gasteiger partial charge in [-0.25, -0.2) is 8.78 Å². The Morgan fingerprint density at radius 2 is 1.09 bits per heavy atom. The number of piperidine rings is 2. The van der Waals surface area contributed by atoms with E-state index in [0.29, 0.717) is 77.2 Å². The molecule has 0 bridgehead atoms. The fraction of sp³-hybridized carbons (Fsp3) is 0.600. The van der Waals surface area contributed by atoms with Crippen LogP contribution in [0.2, 0.25) is 20.1 Å². The molecule has 2 aromatic rings. The van der Waals surface area contributed by atoms with E-state index < -0.39 is 23.2 Å². The minimum absolute atomic E-state index is 0.0424. The number of nitrogens with one attached hydrogen (secondary N) is 3. The summed E-state index contributed by atoms with van der Waals surface area (Å²) in [5.41, 5.74) is -3.02. The average molecular weight is 879 g/mol. The van der Waals surface area contributed by atoms with Gasteiger partial charge in [0.05, 0.1) is 44.9 Å². The number of benzene rings is 2. The summed E-state index contributed by atoms with van der Waals surface area (Å²) >= 11 is 23.6. The van der Waals surface area contributed by atoms with E-state index in [1.165, 1.54) is 36.4 Å². The van der Waals surface area contributed by atoms with Crippen molar-refractivity contribution in [2.24, 2.45) is 0 Å². The van der Waals surface area contributed by atoms with Gasteiger partial charge in [-0.05, 0) is 96.7 Å². The number of hydrogen-bond donors (Lipinski definition) is 3. The Hall–Kier alpha value is -2.78. The molecule has 0 atom stereocenters. The minimum atomic E-state index is -1.50. The molecule has 316 valence electrons. The number of hydrogen-bond acceptors (Lipinski definition) is 7. The smallest absolute Gasteiger partial charge is 0.251 e. The summed E-state index contributed by atoms with van der Waals surface area (Å²) in [6.07, 6.45) is 1.02. The minimum Gasteiger partial charge on any atom is -0.377 e. The molecule has 0 spiro atoms. The van der Waals surface area contributed by atoms with E-state index in [-0.39, 0.29) is 74.8 Å². The fourth-order valence-corrected chi connectivity index (χ4v) is 7.94. The van der Waals surface area contributed by atoms with E-state index in [4.69, 9.17) is 51.1 Å². The topological polar surface area (TPSA) is 123 Å². The molecule has 2 aromatic carbocycles. The summed E-state index contributed by atoms with van der Waals surface area (Å²) in [7, 11) is 0. The van der Waals surface area contributed by atoms with Crippen molar-refractivity contribution in [2.75, 3.05) is 72.1 Å². The lowest BCUT2D eigenvalue weighted by molar-refractivity contribution is -0.148. The third-order valence-electron chi connectivity index (χ3n) is 10.1. The van der Waals surface area contributed by atoms with Gasteiger partial charge in [0.1, 0.15) is 11.3 Å². The van der Waals surface area contributed by atoms with Gasteiger partial charge in [0.15, 0.2) is 0 Å². The highest BCUT2D eigenvalue weighted by molar-refractivity contribution is 6.35. The number of ether oxygens (including phenoxy) is 1. The first-order valence-corrected chi connectivity index (χ1v) is 20.6. The van der Waals surface area contributed by atoms with Gasteiger partial charge < -0.3 is 25.6 Å². The molecule has 3 fully saturated rings. The van der Waals surface area contributed by atoms with Gasteiger partial charge in [-0.3, -0.25) is 29.0 Å². The molecule has 0 aliphatic carbocycles. The maximum Gasteiger partial charge on any atom is 0.251 e. The first-order chi connectivity index (χ1) is 26.5. The molecule has 0 saturated carbocycles. The second kappa shape index (κ2) is 20.0. The van der Waals surface area contributed by atoms with Gasteiger partial charge >= 0.3 is 0 Å². The Balaban J connectivity index is 0.000000254. The van der Waals surface area contributed by atoms with E-state index >= 15 is 4.39 Å². The van der Waals surface area contributed by atoms with Gasteiger partial charge in [0, 0.05) is 69.5 Å². The SMILES string of the molecule is CC(C)(C)NC(=O)CN1CCC(F)(CNC(=O)c2cc(Cl)cc(Cl)c2)CC1.CC1(C)COCCN1C(=O)CN1CCC(F)(CNC(=O)c2cc(Cl)cc(Cl)c2)CC1. The van der Waals surface area contributed by atoms with Crippen LogP contribution in [-0.4, -0.2) is 133 Å². The first kappa shape index (κ1) is 46.9. The van der Waals surface area contributed by atoms with Crippen molar-refractivity contribution in [3.63, 3.8) is 0 Å². The van der Waals surface area contributed by atoms with E-state index in [9.17, 15) is 23.6 Å². The van der Waals surface area contributed by atoms with E-state index in [2.05, 4.69) is 16.0 Å². The summed E-state index contributed by atoms with van der Waals surface area (Å²) in [4.78, 5) is 55.0. The highest BCUT2D eigenvalue weighted by atomic mass is 35.5. The van der Waals surface area contributed by atoms with Crippen LogP contribution >= 0.6 is 46.4 Å². The van der Waals surface area contributed by atoms with E-state index in [1.807, 2.05) is 49.3 Å². The van der Waals surface area contributed by atoms with Crippen LogP contribution in [0.4, 0.5) is 8.78 Å². The Morgan fingerprint density at radius 3 is 1.47 bits per heavy atom. The van der Waals surface area contributed by atoms with E-state index in [1.54, 1.807) is 0 Å². The Morgan fingerprint density at radius 1 is 0.684 bits per heavy atom. The number of halogens is 6. The van der Waals surface area contributed by atoms with Gasteiger partial charge in [-0.2, -0.15) is 0 Å². The van der Waals surface area contributed by atoms with Crippen LogP contribution in [0, 0.1) is 0 Å². The molecule has 11 nitrogen and oxygen atoms in total. The molecular weight excluding hydrogens is 824 g/mol. The van der Waals surface area contributed by atoms with Crippen LogP contribution in [0.3, 0.4) is 0 Å². The molecule has 57 heavy (non-hydrogen) atoms. The Kier molecular flexibility index (Phi) is 16.4. The molecular formula is C40H54Cl4F2N6O5. The van der Waals surface area contributed by atoms with Crippen LogP contribution in [0.25, 0.3) is 0 Å². The molecule has 3 saturated heterocycles. The van der Waals surface area contributed by atoms with Gasteiger partial charge in [-0.15, -0.1) is 0 Å². The van der Waals surface area contributed by atoms with Gasteiger partial charge in [-0.1, -0.05) is 46.4 Å². The molecule has 3 N–H and O–H groups in total. The molecule has 0 aromatic heterocycles. The van der Waals surface area contributed by atoms with Crippen LogP contribution in [-0.2, 0) is 14.3 Å². The van der Waals surface area contributed by atoms with Crippen LogP contribution in [0.5, 0.6) is 0 Å². The number of nitrogens with zero attached hydrogens (tertiary/aromatic N) is 3. The van der Waals surface area contributed by atoms with Crippen molar-refractivity contribution in [3.8, 4) is 0 Å². The number of likely N-dealkylation sites (tertiary alicyclic amines) is 2. The number of carbonyl (C=O) groups is 4. The van der Waals surface area contributed by atoms with Crippen LogP contribution < -0.4 is 16.0 Å². The Bertz CT molecular complexity index is 1710. The monoisotopic (exact) mass is 876 g/mol. The van der Waals surface area contributed by atoms with Gasteiger partial charge in [0.2, 0.25) is 11.8 Å². The highest BCUT2D eigenvalue weighted by Gasteiger charge is 2.39. The van der Waals surface area contributed by atoms with Crippen molar-refractivity contribution >= 4 is 70.0 Å². The molecule has 0 radical (unpaired) electrons. The van der Waals surface area contributed by atoms with E-state index in [0.717, 1.165) is 0 Å². The molecule has 0 unspecified atom stereocenters. The lowest BCUT2D eigenvalue weighted by atomic mass is 9.93. The number of amides is 4. The predicted octanol–water partition coefficient (Wildman–Crippen LogP) is 6.61. The zero-order chi connectivity index (χ0) is 42.2. The fourth-order valence-electron chi connectivity index (χ4n) is 6.89. The second-order valence-corrected chi connectivity index (χ2v) is 18.5. The number of morpholine rings is 1. The standard InChI is InChI=1S/C21H28Cl2FN3O3.C19H26Cl2FN3O2/c1-20(2)14-30-8-7-27(20)18(28)12-26-5-3-21(24,4-6-26)13-25-19(29)15-9-16(22)11-17(23)10-15;1-18(2,3)24-16(26)11-25-6-4-19(22,5-7-25)12-23-17(27)13-8-14(20)10-15(21)9-13/h9-11H,3-8,12-14H2,1-2H3,(H,25,29);8-10H,4-7,11-12H2,1-3H3,(H,23,27)(H,24,26). The molecule has 5 rings (SSSR count). The van der Waals surface area contributed by atoms with Crippen molar-refractivity contribution in [1.29, 1.82) is 0 Å². The molecule has 3 heterocycles. The van der Waals surface area contributed by atoms with Crippen molar-refractivity contribution in [1.82, 2.24) is 30.7 Å². The summed E-state index contributed by atoms with van der Waals surface area (Å²) in [5.74, 6) is -0.854. The average Bonchev–Trinajstić information content (AvgIpc) is 3.10. The largest absolute Gasteiger partial charge is 0.377 e. The number of alkyl halides is 2. The lowest BCUT2D eigenvalue weighted by Crippen LogP contribution is -2.58. The number of carbonyl (C=O) groups excluding carboxylic acids is 4. The summed E-state index contributed by atoms with van der Waals surface area (Å²) in [6, 6.07) is 9.03. The number of rotatable bonds is 10. The third-order valence-corrected chi connectivity index (χ3v) is 10.9. The van der Waals surface area contributed by atoms with Crippen LogP contribution in [0.1, 0.15) is 81.0 Å². The molecule has 3 aliphatic rings. The van der Waals surface area contributed by atoms with Crippen molar-refractivity contribution in [3.05, 3.63) is 67.6 Å². The highest BCUT2D eigenvalue weighted by Crippen LogP contribution is 2.28. The molecule has 17 heteroatoms. The molecule has 3 aliphatic heterocycles. The maximum atomic E-state index is 15.2. The zero-order valence-corrected chi connectivity index (χ0v) is 36.2. The summed E-state index contributed by atoms with van der Waals surface area (Å²) in [5, 5.41) is 9.57. The predicted molar refractivity (Wildman–Crippen MR) is 221 cm³/mol. The Labute approximate surface area is 354 Å². The van der Waals surface area contributed by atoms with Crippen molar-refractivity contribution in [2.45, 2.75) is 82.7 Å². The van der Waals surface area contributed by atoms with Gasteiger partial charge in [0.25, 0.3) is 11.8 Å². The summed E-state index contributed by atoms with van der Waals surface area (Å²) in [6.45, 7) is 13.6. The normalized spacial score (nSPS) is 19.5. The maximum absolute atomic E-state index is 15.2. The molecule has 4 amide bonds. The first-order valence-electron chi connectivity index (χ1n) is 19.0. The third kappa shape index (κ3) is 15.1. The van der Waals surface area contributed by atoms with Crippen molar-refractivity contribution < 1.29 is 32.7 Å². The zero-order valence-electron chi connectivity index (χ0n) is 33.2. The lowest BCUT2D eigenvalue weighted by Gasteiger charge is -2.43. The second-order valence-electron chi connectivity index (χ2n) is 16.7. The van der Waals surface area contributed by atoms with Crippen LogP contribution in [0.15, 0.2) is 36.4 Å². The summed E-state index contributed by atoms with van der Waals surface area (Å²) < 4.78 is 35.7. The quantitative estimate of drug-likeness (QED) is 0.246.